The number of rotatable bonds is 5. The van der Waals surface area contributed by atoms with Crippen LogP contribution in [0.1, 0.15) is 26.7 Å². The van der Waals surface area contributed by atoms with Crippen molar-refractivity contribution in [3.05, 3.63) is 63.6 Å². The normalized spacial score (nSPS) is 10.1. The first-order valence-electron chi connectivity index (χ1n) is 5.96. The van der Waals surface area contributed by atoms with E-state index in [4.69, 9.17) is 4.42 Å². The molecule has 7 heteroatoms. The van der Waals surface area contributed by atoms with Gasteiger partial charge in [-0.1, -0.05) is 18.2 Å². The molecule has 0 atom stereocenters. The molecule has 0 aliphatic heterocycles. The highest BCUT2D eigenvalue weighted by Crippen LogP contribution is 2.20. The first-order chi connectivity index (χ1) is 10.0. The van der Waals surface area contributed by atoms with Crippen LogP contribution >= 0.6 is 0 Å². The lowest BCUT2D eigenvalue weighted by atomic mass is 10.1. The molecule has 0 N–H and O–H groups in total. The molecular weight excluding hydrogens is 278 g/mol. The van der Waals surface area contributed by atoms with Crippen LogP contribution in [0.15, 0.2) is 40.8 Å². The van der Waals surface area contributed by atoms with Crippen LogP contribution in [-0.2, 0) is 11.2 Å². The molecule has 1 aromatic heterocycles. The van der Waals surface area contributed by atoms with Crippen LogP contribution < -0.4 is 0 Å². The average molecular weight is 289 g/mol. The van der Waals surface area contributed by atoms with Crippen molar-refractivity contribution in [2.75, 3.05) is 7.11 Å². The Morgan fingerprint density at radius 1 is 1.19 bits per heavy atom. The number of furan rings is 1. The van der Waals surface area contributed by atoms with E-state index in [2.05, 4.69) is 4.74 Å². The number of nitro benzene ring substituents is 1. The van der Waals surface area contributed by atoms with E-state index >= 15 is 0 Å². The Hall–Kier alpha value is -2.96. The van der Waals surface area contributed by atoms with Gasteiger partial charge in [0, 0.05) is 18.1 Å². The lowest BCUT2D eigenvalue weighted by Gasteiger charge is -2.00. The van der Waals surface area contributed by atoms with Crippen molar-refractivity contribution in [2.45, 2.75) is 6.42 Å². The molecule has 7 nitrogen and oxygen atoms in total. The van der Waals surface area contributed by atoms with Crippen molar-refractivity contribution in [3.8, 4) is 0 Å². The van der Waals surface area contributed by atoms with E-state index in [1.807, 2.05) is 0 Å². The summed E-state index contributed by atoms with van der Waals surface area (Å²) >= 11 is 0. The Morgan fingerprint density at radius 2 is 1.86 bits per heavy atom. The molecule has 108 valence electrons. The summed E-state index contributed by atoms with van der Waals surface area (Å²) < 4.78 is 9.54. The van der Waals surface area contributed by atoms with Crippen molar-refractivity contribution in [1.82, 2.24) is 0 Å². The molecule has 2 rings (SSSR count). The quantitative estimate of drug-likeness (QED) is 0.362. The molecule has 0 aliphatic carbocycles. The molecule has 0 unspecified atom stereocenters. The monoisotopic (exact) mass is 289 g/mol. The molecule has 1 aromatic carbocycles. The van der Waals surface area contributed by atoms with Crippen LogP contribution in [0.4, 0.5) is 5.69 Å². The van der Waals surface area contributed by atoms with Crippen molar-refractivity contribution in [2.24, 2.45) is 0 Å². The number of ether oxygens (including phenoxy) is 1. The molecule has 21 heavy (non-hydrogen) atoms. The minimum atomic E-state index is -0.695. The van der Waals surface area contributed by atoms with Gasteiger partial charge in [-0.25, -0.2) is 4.79 Å². The zero-order valence-corrected chi connectivity index (χ0v) is 11.1. The third-order valence-corrected chi connectivity index (χ3v) is 2.81. The average Bonchev–Trinajstić information content (AvgIpc) is 2.96. The zero-order valence-electron chi connectivity index (χ0n) is 11.1. The van der Waals surface area contributed by atoms with E-state index in [9.17, 15) is 19.7 Å². The fraction of sp³-hybridized carbons (Fsp3) is 0.143. The van der Waals surface area contributed by atoms with Gasteiger partial charge in [0.25, 0.3) is 5.69 Å². The molecule has 0 spiro atoms. The van der Waals surface area contributed by atoms with E-state index < -0.39 is 16.7 Å². The summed E-state index contributed by atoms with van der Waals surface area (Å²) in [5, 5.41) is 10.9. The maximum absolute atomic E-state index is 12.0. The number of ketones is 1. The highest BCUT2D eigenvalue weighted by Gasteiger charge is 2.20. The first kappa shape index (κ1) is 14.4. The van der Waals surface area contributed by atoms with E-state index in [1.54, 1.807) is 6.07 Å². The number of hydrogen-bond donors (Lipinski definition) is 0. The summed E-state index contributed by atoms with van der Waals surface area (Å²) in [6, 6.07) is 8.61. The van der Waals surface area contributed by atoms with Gasteiger partial charge in [-0.15, -0.1) is 0 Å². The number of Topliss-reactive ketones (excluding diaryl/α,β-unsaturated/α-hetero) is 1. The minimum absolute atomic E-state index is 0.0476. The smallest absolute Gasteiger partial charge is 0.373 e. The highest BCUT2D eigenvalue weighted by atomic mass is 16.6. The van der Waals surface area contributed by atoms with Gasteiger partial charge >= 0.3 is 5.97 Å². The standard InChI is InChI=1S/C14H11NO6/c1-20-14(17)13-7-6-12(21-13)11(16)8-9-4-2-3-5-10(9)15(18)19/h2-7H,8H2,1H3. The molecular formula is C14H11NO6. The molecule has 0 amide bonds. The van der Waals surface area contributed by atoms with Crippen molar-refractivity contribution >= 4 is 17.4 Å². The molecule has 0 radical (unpaired) electrons. The number of methoxy groups -OCH3 is 1. The van der Waals surface area contributed by atoms with Crippen LogP contribution in [0.3, 0.4) is 0 Å². The number of benzene rings is 1. The van der Waals surface area contributed by atoms with Crippen molar-refractivity contribution in [1.29, 1.82) is 0 Å². The van der Waals surface area contributed by atoms with Gasteiger partial charge in [-0.2, -0.15) is 0 Å². The fourth-order valence-electron chi connectivity index (χ4n) is 1.80. The Morgan fingerprint density at radius 3 is 2.52 bits per heavy atom. The summed E-state index contributed by atoms with van der Waals surface area (Å²) in [5.41, 5.74) is 0.147. The molecule has 0 saturated heterocycles. The second kappa shape index (κ2) is 6.00. The number of para-hydroxylation sites is 1. The number of nitrogens with zero attached hydrogens (tertiary/aromatic N) is 1. The summed E-state index contributed by atoms with van der Waals surface area (Å²) in [6.07, 6.45) is -0.189. The van der Waals surface area contributed by atoms with Gasteiger partial charge in [-0.05, 0) is 12.1 Å². The molecule has 2 aromatic rings. The number of carbonyl (C=O) groups excluding carboxylic acids is 2. The van der Waals surface area contributed by atoms with Crippen LogP contribution in [0.2, 0.25) is 0 Å². The van der Waals surface area contributed by atoms with Gasteiger partial charge in [0.2, 0.25) is 11.5 Å². The largest absolute Gasteiger partial charge is 0.463 e. The SMILES string of the molecule is COC(=O)c1ccc(C(=O)Cc2ccccc2[N+](=O)[O-])o1. The molecule has 0 saturated carbocycles. The first-order valence-corrected chi connectivity index (χ1v) is 5.96. The predicted molar refractivity (Wildman–Crippen MR) is 71.2 cm³/mol. The number of esters is 1. The zero-order chi connectivity index (χ0) is 15.4. The van der Waals surface area contributed by atoms with Crippen molar-refractivity contribution < 1.29 is 23.7 Å². The van der Waals surface area contributed by atoms with Crippen LogP contribution in [0.25, 0.3) is 0 Å². The second-order valence-corrected chi connectivity index (χ2v) is 4.14. The maximum atomic E-state index is 12.0. The lowest BCUT2D eigenvalue weighted by molar-refractivity contribution is -0.385. The summed E-state index contributed by atoms with van der Waals surface area (Å²) in [7, 11) is 1.19. The Balaban J connectivity index is 2.21. The van der Waals surface area contributed by atoms with E-state index in [0.29, 0.717) is 0 Å². The third-order valence-electron chi connectivity index (χ3n) is 2.81. The molecule has 1 heterocycles. The Labute approximate surface area is 119 Å². The summed E-state index contributed by atoms with van der Waals surface area (Å²) in [5.74, 6) is -1.30. The Kier molecular flexibility index (Phi) is 4.13. The van der Waals surface area contributed by atoms with Gasteiger partial charge in [0.05, 0.1) is 12.0 Å². The van der Waals surface area contributed by atoms with Gasteiger partial charge in [-0.3, -0.25) is 14.9 Å². The predicted octanol–water partition coefficient (Wildman–Crippen LogP) is 2.40. The van der Waals surface area contributed by atoms with E-state index in [-0.39, 0.29) is 29.2 Å². The highest BCUT2D eigenvalue weighted by molar-refractivity contribution is 5.97. The van der Waals surface area contributed by atoms with Crippen LogP contribution in [-0.4, -0.2) is 23.8 Å². The number of carbonyl (C=O) groups is 2. The Bertz CT molecular complexity index is 703. The minimum Gasteiger partial charge on any atom is -0.463 e. The number of nitro groups is 1. The van der Waals surface area contributed by atoms with Crippen molar-refractivity contribution in [3.63, 3.8) is 0 Å². The van der Waals surface area contributed by atoms with E-state index in [0.717, 1.165) is 0 Å². The topological polar surface area (TPSA) is 99.7 Å². The third kappa shape index (κ3) is 3.14. The van der Waals surface area contributed by atoms with Crippen LogP contribution in [0.5, 0.6) is 0 Å². The van der Waals surface area contributed by atoms with Gasteiger partial charge in [0.15, 0.2) is 5.76 Å². The fourth-order valence-corrected chi connectivity index (χ4v) is 1.80. The molecule has 0 aliphatic rings. The second-order valence-electron chi connectivity index (χ2n) is 4.14. The van der Waals surface area contributed by atoms with Crippen LogP contribution in [0, 0.1) is 10.1 Å². The summed E-state index contributed by atoms with van der Waals surface area (Å²) in [4.78, 5) is 33.6. The maximum Gasteiger partial charge on any atom is 0.373 e. The lowest BCUT2D eigenvalue weighted by Crippen LogP contribution is -2.05. The number of hydrogen-bond acceptors (Lipinski definition) is 6. The summed E-state index contributed by atoms with van der Waals surface area (Å²) in [6.45, 7) is 0. The van der Waals surface area contributed by atoms with Gasteiger partial charge in [0.1, 0.15) is 0 Å². The molecule has 0 bridgehead atoms. The van der Waals surface area contributed by atoms with E-state index in [1.165, 1.54) is 37.4 Å². The molecule has 0 fully saturated rings. The van der Waals surface area contributed by atoms with Gasteiger partial charge < -0.3 is 9.15 Å².